The van der Waals surface area contributed by atoms with Gasteiger partial charge in [0.05, 0.1) is 17.9 Å². The second-order valence-corrected chi connectivity index (χ2v) is 7.99. The van der Waals surface area contributed by atoms with Gasteiger partial charge >= 0.3 is 0 Å². The minimum atomic E-state index is 0. The smallest absolute Gasteiger partial charge is 0.191 e. The van der Waals surface area contributed by atoms with Crippen LogP contribution in [0.4, 0.5) is 0 Å². The van der Waals surface area contributed by atoms with Gasteiger partial charge in [0.1, 0.15) is 5.76 Å². The quantitative estimate of drug-likeness (QED) is 0.336. The van der Waals surface area contributed by atoms with Crippen molar-refractivity contribution in [3.05, 3.63) is 17.0 Å². The van der Waals surface area contributed by atoms with Crippen molar-refractivity contribution in [3.63, 3.8) is 0 Å². The molecule has 1 fully saturated rings. The van der Waals surface area contributed by atoms with Crippen molar-refractivity contribution < 1.29 is 9.26 Å². The molecular formula is C20H38IN5O2. The van der Waals surface area contributed by atoms with Crippen molar-refractivity contribution in [1.82, 2.24) is 20.7 Å². The lowest BCUT2D eigenvalue weighted by atomic mass is 10.00. The van der Waals surface area contributed by atoms with Crippen molar-refractivity contribution in [1.29, 1.82) is 0 Å². The number of guanidine groups is 1. The van der Waals surface area contributed by atoms with Crippen LogP contribution < -0.4 is 10.6 Å². The van der Waals surface area contributed by atoms with E-state index >= 15 is 0 Å². The zero-order valence-corrected chi connectivity index (χ0v) is 20.8. The van der Waals surface area contributed by atoms with E-state index in [0.29, 0.717) is 6.54 Å². The Labute approximate surface area is 187 Å². The highest BCUT2D eigenvalue weighted by Gasteiger charge is 2.33. The van der Waals surface area contributed by atoms with Crippen molar-refractivity contribution in [2.75, 3.05) is 26.7 Å². The largest absolute Gasteiger partial charge is 0.373 e. The van der Waals surface area contributed by atoms with Crippen molar-refractivity contribution >= 4 is 29.9 Å². The molecule has 1 saturated heterocycles. The Hall–Kier alpha value is -0.870. The monoisotopic (exact) mass is 507 g/mol. The van der Waals surface area contributed by atoms with Gasteiger partial charge in [0.15, 0.2) is 5.96 Å². The van der Waals surface area contributed by atoms with Crippen LogP contribution in [0.1, 0.15) is 58.6 Å². The molecule has 1 aliphatic rings. The molecule has 0 aliphatic carbocycles. The molecule has 7 nitrogen and oxygen atoms in total. The number of aliphatic imine (C=N–C) groups is 1. The number of nitrogens with one attached hydrogen (secondary N) is 2. The third kappa shape index (κ3) is 6.59. The van der Waals surface area contributed by atoms with E-state index in [-0.39, 0.29) is 41.7 Å². The van der Waals surface area contributed by atoms with Crippen LogP contribution in [0.15, 0.2) is 9.52 Å². The molecule has 0 spiro atoms. The summed E-state index contributed by atoms with van der Waals surface area (Å²) in [5, 5.41) is 11.1. The molecule has 2 heterocycles. The molecule has 0 saturated carbocycles. The van der Waals surface area contributed by atoms with Crippen LogP contribution in [-0.2, 0) is 24.1 Å². The summed E-state index contributed by atoms with van der Waals surface area (Å²) in [5.74, 6) is 1.74. The first-order valence-electron chi connectivity index (χ1n) is 10.1. The predicted molar refractivity (Wildman–Crippen MR) is 125 cm³/mol. The molecule has 2 unspecified atom stereocenters. The maximum Gasteiger partial charge on any atom is 0.191 e. The predicted octanol–water partition coefficient (Wildman–Crippen LogP) is 2.97. The summed E-state index contributed by atoms with van der Waals surface area (Å²) in [4.78, 5) is 6.87. The summed E-state index contributed by atoms with van der Waals surface area (Å²) >= 11 is 0. The number of nitrogens with zero attached hydrogens (tertiary/aromatic N) is 3. The van der Waals surface area contributed by atoms with Crippen LogP contribution in [-0.4, -0.2) is 60.4 Å². The summed E-state index contributed by atoms with van der Waals surface area (Å²) in [5.41, 5.74) is 2.18. The molecule has 2 rings (SSSR count). The van der Waals surface area contributed by atoms with Crippen LogP contribution in [0.5, 0.6) is 0 Å². The van der Waals surface area contributed by atoms with E-state index < -0.39 is 0 Å². The molecule has 2 N–H and O–H groups in total. The summed E-state index contributed by atoms with van der Waals surface area (Å²) in [6, 6.07) is 0. The number of morpholine rings is 1. The van der Waals surface area contributed by atoms with Gasteiger partial charge in [0, 0.05) is 50.7 Å². The summed E-state index contributed by atoms with van der Waals surface area (Å²) in [6.45, 7) is 16.4. The number of aromatic nitrogens is 1. The van der Waals surface area contributed by atoms with E-state index in [4.69, 9.17) is 9.26 Å². The van der Waals surface area contributed by atoms with Crippen molar-refractivity contribution in [2.45, 2.75) is 78.7 Å². The van der Waals surface area contributed by atoms with E-state index in [2.05, 4.69) is 67.2 Å². The standard InChI is InChI=1S/C20H37N5O2.HI/c1-8-17-16(18(9-2)27-24-17)10-22-19(21-7)23-13-20(5,6)25-11-14(3)26-15(4)12-25;/h14-15H,8-13H2,1-7H3,(H2,21,22,23);1H. The zero-order valence-electron chi connectivity index (χ0n) is 18.5. The fourth-order valence-electron chi connectivity index (χ4n) is 3.61. The number of hydrogen-bond donors (Lipinski definition) is 2. The van der Waals surface area contributed by atoms with E-state index in [0.717, 1.165) is 55.5 Å². The molecule has 8 heteroatoms. The minimum absolute atomic E-state index is 0. The fraction of sp³-hybridized carbons (Fsp3) is 0.800. The first kappa shape index (κ1) is 25.2. The SMILES string of the molecule is CCc1noc(CC)c1CNC(=NC)NCC(C)(C)N1CC(C)OC(C)C1.I. The average molecular weight is 507 g/mol. The Morgan fingerprint density at radius 2 is 1.82 bits per heavy atom. The fourth-order valence-corrected chi connectivity index (χ4v) is 3.61. The van der Waals surface area contributed by atoms with Gasteiger partial charge in [0.25, 0.3) is 0 Å². The normalized spacial score (nSPS) is 21.3. The van der Waals surface area contributed by atoms with E-state index in [1.165, 1.54) is 0 Å². The third-order valence-corrected chi connectivity index (χ3v) is 5.23. The molecule has 2 atom stereocenters. The summed E-state index contributed by atoms with van der Waals surface area (Å²) < 4.78 is 11.3. The van der Waals surface area contributed by atoms with Gasteiger partial charge in [-0.15, -0.1) is 24.0 Å². The highest BCUT2D eigenvalue weighted by molar-refractivity contribution is 14.0. The molecule has 0 aromatic carbocycles. The van der Waals surface area contributed by atoms with Crippen molar-refractivity contribution in [2.24, 2.45) is 4.99 Å². The lowest BCUT2D eigenvalue weighted by Gasteiger charge is -2.45. The maximum absolute atomic E-state index is 5.87. The molecule has 1 aliphatic heterocycles. The third-order valence-electron chi connectivity index (χ3n) is 5.23. The van der Waals surface area contributed by atoms with Gasteiger partial charge in [0.2, 0.25) is 0 Å². The zero-order chi connectivity index (χ0) is 20.0. The first-order chi connectivity index (χ1) is 12.8. The molecule has 162 valence electrons. The molecule has 28 heavy (non-hydrogen) atoms. The van der Waals surface area contributed by atoms with Crippen LogP contribution in [0, 0.1) is 0 Å². The average Bonchev–Trinajstić information content (AvgIpc) is 3.03. The van der Waals surface area contributed by atoms with E-state index in [9.17, 15) is 0 Å². The lowest BCUT2D eigenvalue weighted by molar-refractivity contribution is -0.0946. The Bertz CT molecular complexity index is 601. The summed E-state index contributed by atoms with van der Waals surface area (Å²) in [6.07, 6.45) is 2.24. The second-order valence-electron chi connectivity index (χ2n) is 7.99. The maximum atomic E-state index is 5.87. The van der Waals surface area contributed by atoms with Crippen molar-refractivity contribution in [3.8, 4) is 0 Å². The first-order valence-corrected chi connectivity index (χ1v) is 10.1. The van der Waals surface area contributed by atoms with Gasteiger partial charge in [-0.25, -0.2) is 0 Å². The number of aryl methyl sites for hydroxylation is 2. The van der Waals surface area contributed by atoms with Gasteiger partial charge < -0.3 is 19.9 Å². The van der Waals surface area contributed by atoms with E-state index in [1.54, 1.807) is 7.05 Å². The Morgan fingerprint density at radius 1 is 1.18 bits per heavy atom. The second kappa shape index (κ2) is 11.3. The molecule has 1 aromatic rings. The van der Waals surface area contributed by atoms with Gasteiger partial charge in [-0.3, -0.25) is 9.89 Å². The van der Waals surface area contributed by atoms with Gasteiger partial charge in [-0.1, -0.05) is 19.0 Å². The minimum Gasteiger partial charge on any atom is -0.373 e. The highest BCUT2D eigenvalue weighted by Crippen LogP contribution is 2.20. The molecule has 0 amide bonds. The van der Waals surface area contributed by atoms with Crippen LogP contribution in [0.2, 0.25) is 0 Å². The molecule has 0 radical (unpaired) electrons. The van der Waals surface area contributed by atoms with Crippen LogP contribution >= 0.6 is 24.0 Å². The molecule has 1 aromatic heterocycles. The molecule has 0 bridgehead atoms. The Kier molecular flexibility index (Phi) is 10.2. The topological polar surface area (TPSA) is 74.9 Å². The van der Waals surface area contributed by atoms with Gasteiger partial charge in [-0.2, -0.15) is 0 Å². The number of halogens is 1. The number of rotatable bonds is 7. The lowest BCUT2D eigenvalue weighted by Crippen LogP contribution is -2.59. The number of hydrogen-bond acceptors (Lipinski definition) is 5. The summed E-state index contributed by atoms with van der Waals surface area (Å²) in [7, 11) is 1.80. The number of ether oxygens (including phenoxy) is 1. The van der Waals surface area contributed by atoms with E-state index in [1.807, 2.05) is 0 Å². The Morgan fingerprint density at radius 3 is 2.36 bits per heavy atom. The van der Waals surface area contributed by atoms with Gasteiger partial charge in [-0.05, 0) is 34.1 Å². The Balaban J connectivity index is 0.00000392. The highest BCUT2D eigenvalue weighted by atomic mass is 127. The molecular weight excluding hydrogens is 469 g/mol. The van der Waals surface area contributed by atoms with Crippen LogP contribution in [0.3, 0.4) is 0 Å². The van der Waals surface area contributed by atoms with Crippen LogP contribution in [0.25, 0.3) is 0 Å².